The van der Waals surface area contributed by atoms with E-state index in [1.165, 1.54) is 19.3 Å². The van der Waals surface area contributed by atoms with Crippen LogP contribution in [0.4, 0.5) is 0 Å². The molecule has 1 saturated carbocycles. The Morgan fingerprint density at radius 1 is 1.32 bits per heavy atom. The number of rotatable bonds is 3. The van der Waals surface area contributed by atoms with Crippen molar-refractivity contribution in [3.63, 3.8) is 0 Å². The van der Waals surface area contributed by atoms with Crippen LogP contribution in [0.15, 0.2) is 0 Å². The van der Waals surface area contributed by atoms with Gasteiger partial charge in [0.2, 0.25) is 5.91 Å². The van der Waals surface area contributed by atoms with E-state index in [2.05, 4.69) is 17.6 Å². The van der Waals surface area contributed by atoms with Gasteiger partial charge in [-0.2, -0.15) is 0 Å². The lowest BCUT2D eigenvalue weighted by Crippen LogP contribution is -2.45. The summed E-state index contributed by atoms with van der Waals surface area (Å²) in [5.74, 6) is 0.998. The summed E-state index contributed by atoms with van der Waals surface area (Å²) in [5, 5.41) is 6.51. The van der Waals surface area contributed by atoms with Gasteiger partial charge in [-0.25, -0.2) is 0 Å². The van der Waals surface area contributed by atoms with Crippen molar-refractivity contribution in [3.05, 3.63) is 0 Å². The third-order valence-electron chi connectivity index (χ3n) is 4.05. The maximum atomic E-state index is 12.0. The average molecular weight is 291 g/mol. The van der Waals surface area contributed by atoms with E-state index in [1.807, 2.05) is 0 Å². The Balaban J connectivity index is 0.00000180. The van der Waals surface area contributed by atoms with Crippen LogP contribution in [0.2, 0.25) is 0 Å². The number of halogens is 1. The minimum absolute atomic E-state index is 0. The lowest BCUT2D eigenvalue weighted by Gasteiger charge is -2.24. The van der Waals surface area contributed by atoms with E-state index in [0.29, 0.717) is 19.1 Å². The second-order valence-corrected chi connectivity index (χ2v) is 5.81. The molecule has 3 atom stereocenters. The normalized spacial score (nSPS) is 31.9. The molecule has 1 aliphatic heterocycles. The maximum Gasteiger partial charge on any atom is 0.221 e. The molecule has 0 radical (unpaired) electrons. The van der Waals surface area contributed by atoms with Gasteiger partial charge in [0.25, 0.3) is 0 Å². The Kier molecular flexibility index (Phi) is 7.73. The highest BCUT2D eigenvalue weighted by atomic mass is 35.5. The van der Waals surface area contributed by atoms with Crippen molar-refractivity contribution in [2.45, 2.75) is 57.5 Å². The fourth-order valence-electron chi connectivity index (χ4n) is 2.89. The van der Waals surface area contributed by atoms with Crippen LogP contribution >= 0.6 is 12.4 Å². The number of nitrogens with one attached hydrogen (secondary N) is 2. The van der Waals surface area contributed by atoms with Gasteiger partial charge in [0, 0.05) is 25.0 Å². The lowest BCUT2D eigenvalue weighted by atomic mass is 10.0. The predicted molar refractivity (Wildman–Crippen MR) is 78.7 cm³/mol. The fourth-order valence-corrected chi connectivity index (χ4v) is 2.89. The Morgan fingerprint density at radius 3 is 2.89 bits per heavy atom. The molecule has 2 fully saturated rings. The number of hydrogen-bond acceptors (Lipinski definition) is 3. The van der Waals surface area contributed by atoms with Gasteiger partial charge in [0.15, 0.2) is 0 Å². The summed E-state index contributed by atoms with van der Waals surface area (Å²) in [4.78, 5) is 12.0. The average Bonchev–Trinajstić information content (AvgIpc) is 2.56. The van der Waals surface area contributed by atoms with Crippen molar-refractivity contribution < 1.29 is 9.53 Å². The van der Waals surface area contributed by atoms with E-state index < -0.39 is 0 Å². The van der Waals surface area contributed by atoms with Crippen molar-refractivity contribution >= 4 is 18.3 Å². The number of carbonyl (C=O) groups excluding carboxylic acids is 1. The standard InChI is InChI=1S/C14H26N2O2.ClH/c1-11-3-2-4-12(6-5-11)16-14(17)9-13-10-18-8-7-15-13;/h11-13,15H,2-10H2,1H3,(H,16,17);1H. The summed E-state index contributed by atoms with van der Waals surface area (Å²) in [6.45, 7) is 4.60. The summed E-state index contributed by atoms with van der Waals surface area (Å²) in [6.07, 6.45) is 6.63. The van der Waals surface area contributed by atoms with E-state index >= 15 is 0 Å². The molecule has 5 heteroatoms. The minimum atomic E-state index is 0. The molecule has 3 unspecified atom stereocenters. The van der Waals surface area contributed by atoms with Crippen LogP contribution in [0.5, 0.6) is 0 Å². The quantitative estimate of drug-likeness (QED) is 0.780. The summed E-state index contributed by atoms with van der Waals surface area (Å²) < 4.78 is 5.36. The number of hydrogen-bond donors (Lipinski definition) is 2. The summed E-state index contributed by atoms with van der Waals surface area (Å²) in [6, 6.07) is 0.593. The Hall–Kier alpha value is -0.320. The first-order valence-electron chi connectivity index (χ1n) is 7.34. The maximum absolute atomic E-state index is 12.0. The molecule has 2 aliphatic rings. The van der Waals surface area contributed by atoms with Crippen molar-refractivity contribution in [1.29, 1.82) is 0 Å². The molecule has 1 saturated heterocycles. The molecule has 112 valence electrons. The van der Waals surface area contributed by atoms with Gasteiger partial charge < -0.3 is 15.4 Å². The number of ether oxygens (including phenoxy) is 1. The second kappa shape index (κ2) is 8.77. The highest BCUT2D eigenvalue weighted by Gasteiger charge is 2.21. The Bertz CT molecular complexity index is 270. The summed E-state index contributed by atoms with van der Waals surface area (Å²) in [7, 11) is 0. The molecule has 0 bridgehead atoms. The van der Waals surface area contributed by atoms with Crippen LogP contribution in [0.3, 0.4) is 0 Å². The van der Waals surface area contributed by atoms with Crippen LogP contribution in [0, 0.1) is 5.92 Å². The molecule has 1 amide bonds. The molecular formula is C14H27ClN2O2. The topological polar surface area (TPSA) is 50.4 Å². The molecule has 4 nitrogen and oxygen atoms in total. The second-order valence-electron chi connectivity index (χ2n) is 5.81. The third kappa shape index (κ3) is 6.11. The van der Waals surface area contributed by atoms with Crippen molar-refractivity contribution in [2.75, 3.05) is 19.8 Å². The first kappa shape index (κ1) is 16.7. The Morgan fingerprint density at radius 2 is 2.16 bits per heavy atom. The van der Waals surface area contributed by atoms with Gasteiger partial charge in [-0.05, 0) is 25.2 Å². The number of carbonyl (C=O) groups is 1. The zero-order chi connectivity index (χ0) is 12.8. The molecule has 0 aromatic rings. The molecule has 0 spiro atoms. The molecule has 2 N–H and O–H groups in total. The van der Waals surface area contributed by atoms with Crippen LogP contribution in [0.25, 0.3) is 0 Å². The number of amides is 1. The molecule has 0 aromatic heterocycles. The van der Waals surface area contributed by atoms with Gasteiger partial charge in [0.1, 0.15) is 0 Å². The highest BCUT2D eigenvalue weighted by Crippen LogP contribution is 2.22. The molecule has 1 heterocycles. The zero-order valence-electron chi connectivity index (χ0n) is 11.8. The first-order valence-corrected chi connectivity index (χ1v) is 7.34. The van der Waals surface area contributed by atoms with Gasteiger partial charge in [-0.1, -0.05) is 19.8 Å². The van der Waals surface area contributed by atoms with E-state index in [9.17, 15) is 4.79 Å². The molecule has 1 aliphatic carbocycles. The van der Waals surface area contributed by atoms with Crippen molar-refractivity contribution in [2.24, 2.45) is 5.92 Å². The highest BCUT2D eigenvalue weighted by molar-refractivity contribution is 5.85. The van der Waals surface area contributed by atoms with Gasteiger partial charge in [-0.3, -0.25) is 4.79 Å². The largest absolute Gasteiger partial charge is 0.378 e. The van der Waals surface area contributed by atoms with Crippen molar-refractivity contribution in [1.82, 2.24) is 10.6 Å². The van der Waals surface area contributed by atoms with Crippen LogP contribution < -0.4 is 10.6 Å². The van der Waals surface area contributed by atoms with Crippen LogP contribution in [0.1, 0.15) is 45.4 Å². The van der Waals surface area contributed by atoms with Gasteiger partial charge in [0.05, 0.1) is 13.2 Å². The zero-order valence-corrected chi connectivity index (χ0v) is 12.6. The molecular weight excluding hydrogens is 264 g/mol. The predicted octanol–water partition coefficient (Wildman–Crippen LogP) is 1.87. The smallest absolute Gasteiger partial charge is 0.221 e. The summed E-state index contributed by atoms with van der Waals surface area (Å²) >= 11 is 0. The first-order chi connectivity index (χ1) is 8.74. The third-order valence-corrected chi connectivity index (χ3v) is 4.05. The van der Waals surface area contributed by atoms with Gasteiger partial charge in [-0.15, -0.1) is 12.4 Å². The molecule has 2 rings (SSSR count). The van der Waals surface area contributed by atoms with Gasteiger partial charge >= 0.3 is 0 Å². The molecule has 0 aromatic carbocycles. The number of morpholine rings is 1. The van der Waals surface area contributed by atoms with Crippen LogP contribution in [-0.2, 0) is 9.53 Å². The van der Waals surface area contributed by atoms with Crippen molar-refractivity contribution in [3.8, 4) is 0 Å². The van der Waals surface area contributed by atoms with E-state index in [4.69, 9.17) is 4.74 Å². The minimum Gasteiger partial charge on any atom is -0.378 e. The SMILES string of the molecule is CC1CCCC(NC(=O)CC2COCCN2)CC1.Cl. The fraction of sp³-hybridized carbons (Fsp3) is 0.929. The van der Waals surface area contributed by atoms with Crippen LogP contribution in [-0.4, -0.2) is 37.7 Å². The monoisotopic (exact) mass is 290 g/mol. The summed E-state index contributed by atoms with van der Waals surface area (Å²) in [5.41, 5.74) is 0. The van der Waals surface area contributed by atoms with E-state index in [1.54, 1.807) is 0 Å². The molecule has 19 heavy (non-hydrogen) atoms. The van der Waals surface area contributed by atoms with E-state index in [-0.39, 0.29) is 24.4 Å². The lowest BCUT2D eigenvalue weighted by molar-refractivity contribution is -0.123. The Labute approximate surface area is 122 Å². The van der Waals surface area contributed by atoms with E-state index in [0.717, 1.165) is 31.9 Å².